The number of aromatic nitrogens is 8. The number of imidazole rings is 2. The number of allylic oxidation sites excluding steroid dienone is 1. The average molecular weight is 1210 g/mol. The van der Waals surface area contributed by atoms with Gasteiger partial charge in [-0.3, -0.25) is 14.4 Å². The molecule has 22 nitrogen and oxygen atoms in total. The molecule has 4 atom stereocenters. The number of fused-ring (bicyclic) bond motifs is 4. The minimum absolute atomic E-state index is 0.0891. The highest BCUT2D eigenvalue weighted by Crippen LogP contribution is 2.38. The lowest BCUT2D eigenvalue weighted by molar-refractivity contribution is -0.143. The SMILES string of the molecule is C=CC(=O)Cl.C=CC(=O)O[C@@H]1CN(C(=O)OC(C)(C)C)C[C@@H]1NC(=O)c1ccc2c(c1)nc(-c1cc3cccnc3n1CC1CC1)n2C.Cn1c(-c2cc3cccnc3n2CC2CC2)nc2cc(C(=O)N[C@H]3CN(C(=O)OC(C)(C)C)C[C@H]3O)ccc21. The van der Waals surface area contributed by atoms with Crippen molar-refractivity contribution in [2.75, 3.05) is 26.2 Å². The Kier molecular flexibility index (Phi) is 17.5. The van der Waals surface area contributed by atoms with Gasteiger partial charge in [0, 0.05) is 80.6 Å². The highest BCUT2D eigenvalue weighted by molar-refractivity contribution is 6.66. The molecule has 2 aromatic carbocycles. The van der Waals surface area contributed by atoms with Crippen LogP contribution in [0.2, 0.25) is 0 Å². The summed E-state index contributed by atoms with van der Waals surface area (Å²) >= 11 is 4.71. The summed E-state index contributed by atoms with van der Waals surface area (Å²) in [5.41, 5.74) is 6.61. The number of ether oxygens (including phenoxy) is 3. The topological polar surface area (TPSA) is 252 Å². The zero-order chi connectivity index (χ0) is 62.2. The van der Waals surface area contributed by atoms with E-state index >= 15 is 0 Å². The van der Waals surface area contributed by atoms with E-state index in [0.29, 0.717) is 34.0 Å². The lowest BCUT2D eigenvalue weighted by Crippen LogP contribution is -2.44. The Balaban J connectivity index is 0.000000179. The molecule has 4 amide bonds. The quantitative estimate of drug-likeness (QED) is 0.0421. The van der Waals surface area contributed by atoms with Crippen LogP contribution in [0, 0.1) is 11.8 Å². The molecule has 3 N–H and O–H groups in total. The molecule has 12 rings (SSSR count). The maximum Gasteiger partial charge on any atom is 0.410 e. The highest BCUT2D eigenvalue weighted by atomic mass is 35.5. The summed E-state index contributed by atoms with van der Waals surface area (Å²) in [5.74, 6) is 1.61. The summed E-state index contributed by atoms with van der Waals surface area (Å²) in [5, 5.41) is 18.0. The number of amides is 4. The Hall–Kier alpha value is -8.89. The third-order valence-corrected chi connectivity index (χ3v) is 15.6. The monoisotopic (exact) mass is 1200 g/mol. The molecule has 0 bridgehead atoms. The highest BCUT2D eigenvalue weighted by Gasteiger charge is 2.41. The molecular weight excluding hydrogens is 1130 g/mol. The van der Waals surface area contributed by atoms with Crippen molar-refractivity contribution in [2.24, 2.45) is 25.9 Å². The first-order valence-electron chi connectivity index (χ1n) is 29.1. The van der Waals surface area contributed by atoms with E-state index in [2.05, 4.69) is 67.2 Å². The van der Waals surface area contributed by atoms with Crippen molar-refractivity contribution in [3.63, 3.8) is 0 Å². The number of pyridine rings is 2. The van der Waals surface area contributed by atoms with E-state index in [1.807, 2.05) is 59.9 Å². The number of aryl methyl sites for hydroxylation is 2. The Morgan fingerprint density at radius 2 is 1.07 bits per heavy atom. The molecule has 4 fully saturated rings. The number of aliphatic hydroxyl groups excluding tert-OH is 1. The molecule has 87 heavy (non-hydrogen) atoms. The Morgan fingerprint density at radius 3 is 1.49 bits per heavy atom. The number of aliphatic hydroxyl groups is 1. The molecule has 2 aliphatic heterocycles. The lowest BCUT2D eigenvalue weighted by atomic mass is 10.1. The van der Waals surface area contributed by atoms with Gasteiger partial charge in [0.05, 0.1) is 64.7 Å². The van der Waals surface area contributed by atoms with Crippen LogP contribution < -0.4 is 10.6 Å². The van der Waals surface area contributed by atoms with Gasteiger partial charge in [0.2, 0.25) is 5.24 Å². The number of hydrogen-bond donors (Lipinski definition) is 3. The first-order chi connectivity index (χ1) is 41.3. The molecule has 4 aliphatic rings. The number of β-amino-alcohol motifs (C(OH)–C–C–N with tert-alkyl or cyclic N) is 1. The number of benzene rings is 2. The molecule has 23 heteroatoms. The van der Waals surface area contributed by atoms with Crippen LogP contribution in [0.3, 0.4) is 0 Å². The Bertz CT molecular complexity index is 3990. The van der Waals surface area contributed by atoms with E-state index in [1.54, 1.807) is 65.8 Å². The second kappa shape index (κ2) is 24.8. The molecule has 8 heterocycles. The Morgan fingerprint density at radius 1 is 0.632 bits per heavy atom. The van der Waals surface area contributed by atoms with Crippen LogP contribution in [-0.4, -0.2) is 150 Å². The van der Waals surface area contributed by atoms with Gasteiger partial charge in [-0.2, -0.15) is 0 Å². The predicted molar refractivity (Wildman–Crippen MR) is 330 cm³/mol. The second-order valence-electron chi connectivity index (χ2n) is 24.6. The number of halogens is 1. The fourth-order valence-electron chi connectivity index (χ4n) is 10.8. The van der Waals surface area contributed by atoms with Crippen molar-refractivity contribution < 1.29 is 48.1 Å². The molecule has 2 aliphatic carbocycles. The van der Waals surface area contributed by atoms with Crippen molar-refractivity contribution in [1.29, 1.82) is 0 Å². The molecular formula is C64H73ClN12O10. The van der Waals surface area contributed by atoms with Crippen molar-refractivity contribution in [2.45, 2.75) is 116 Å². The molecule has 0 unspecified atom stereocenters. The maximum atomic E-state index is 13.5. The number of nitrogens with zero attached hydrogens (tertiary/aromatic N) is 10. The lowest BCUT2D eigenvalue weighted by Gasteiger charge is -2.24. The van der Waals surface area contributed by atoms with Gasteiger partial charge >= 0.3 is 18.2 Å². The minimum atomic E-state index is -0.881. The van der Waals surface area contributed by atoms with Gasteiger partial charge in [-0.05, 0) is 170 Å². The summed E-state index contributed by atoms with van der Waals surface area (Å²) in [6.45, 7) is 19.5. The minimum Gasteiger partial charge on any atom is -0.455 e. The number of likely N-dealkylation sites (tertiary alicyclic amines) is 2. The van der Waals surface area contributed by atoms with Crippen molar-refractivity contribution >= 4 is 90.9 Å². The molecule has 8 aromatic rings. The van der Waals surface area contributed by atoms with E-state index in [4.69, 9.17) is 35.8 Å². The first-order valence-corrected chi connectivity index (χ1v) is 29.5. The van der Waals surface area contributed by atoms with Gasteiger partial charge < -0.3 is 58.0 Å². The van der Waals surface area contributed by atoms with E-state index in [1.165, 1.54) is 35.5 Å². The van der Waals surface area contributed by atoms with Gasteiger partial charge in [0.1, 0.15) is 28.6 Å². The molecule has 0 radical (unpaired) electrons. The van der Waals surface area contributed by atoms with Crippen LogP contribution in [0.15, 0.2) is 111 Å². The summed E-state index contributed by atoms with van der Waals surface area (Å²) in [6, 6.07) is 21.9. The smallest absolute Gasteiger partial charge is 0.410 e. The molecule has 2 saturated heterocycles. The molecule has 456 valence electrons. The van der Waals surface area contributed by atoms with Gasteiger partial charge in [0.15, 0.2) is 11.6 Å². The number of esters is 1. The van der Waals surface area contributed by atoms with E-state index in [-0.39, 0.29) is 38.0 Å². The van der Waals surface area contributed by atoms with Crippen LogP contribution >= 0.6 is 11.6 Å². The average Bonchev–Trinajstić information content (AvgIpc) is 2.99. The second-order valence-corrected chi connectivity index (χ2v) is 25.0. The van der Waals surface area contributed by atoms with Gasteiger partial charge in [-0.25, -0.2) is 34.3 Å². The standard InChI is InChI=1S/C32H36N6O5.C29H34N6O4.C3H3ClO/c1-6-27(39)42-26-18-37(31(41)43-32(2,3)4)17-23(26)35-30(40)21-11-12-24-22(14-21)34-29(36(24)5)25-15-20-8-7-13-33-28(20)38(25)16-19-9-10-19;1-29(2,3)39-28(38)34-15-21(24(36)16-34)32-27(37)19-9-10-22-20(12-19)31-26(33(22)4)23-13-18-6-5-11-30-25(18)35(23)14-17-7-8-17;1-2-3(4)5/h6-8,11-15,19,23,26H,1,9-10,16-18H2,2-5H3,(H,35,40);5-6,9-13,17,21,24,36H,7-8,14-16H2,1-4H3,(H,32,37);2H,1H2/t23-,26+;21-,24+;/m00./s1. The number of nitrogens with one attached hydrogen (secondary N) is 2. The van der Waals surface area contributed by atoms with Crippen LogP contribution in [0.5, 0.6) is 0 Å². The van der Waals surface area contributed by atoms with Crippen LogP contribution in [0.25, 0.3) is 67.2 Å². The third kappa shape index (κ3) is 14.2. The van der Waals surface area contributed by atoms with Gasteiger partial charge in [0.25, 0.3) is 11.8 Å². The summed E-state index contributed by atoms with van der Waals surface area (Å²) in [6.07, 6.45) is 7.96. The van der Waals surface area contributed by atoms with E-state index in [0.717, 1.165) is 81.4 Å². The molecule has 2 saturated carbocycles. The number of carbonyl (C=O) groups excluding carboxylic acids is 6. The van der Waals surface area contributed by atoms with E-state index < -0.39 is 58.9 Å². The Labute approximate surface area is 508 Å². The fourth-order valence-corrected chi connectivity index (χ4v) is 10.8. The van der Waals surface area contributed by atoms with E-state index in [9.17, 15) is 33.9 Å². The van der Waals surface area contributed by atoms with Crippen molar-refractivity contribution in [3.8, 4) is 23.0 Å². The van der Waals surface area contributed by atoms with Crippen molar-refractivity contribution in [3.05, 3.63) is 122 Å². The maximum absolute atomic E-state index is 13.5. The third-order valence-electron chi connectivity index (χ3n) is 15.4. The van der Waals surface area contributed by atoms with Crippen LogP contribution in [-0.2, 0) is 51.0 Å². The van der Waals surface area contributed by atoms with Crippen molar-refractivity contribution in [1.82, 2.24) is 58.6 Å². The fraction of sp³-hybridized carbons (Fsp3) is 0.406. The summed E-state index contributed by atoms with van der Waals surface area (Å²) in [4.78, 5) is 95.2. The van der Waals surface area contributed by atoms with Crippen LogP contribution in [0.4, 0.5) is 9.59 Å². The number of carbonyl (C=O) groups is 6. The predicted octanol–water partition coefficient (Wildman–Crippen LogP) is 9.09. The molecule has 6 aromatic heterocycles. The zero-order valence-electron chi connectivity index (χ0n) is 50.2. The van der Waals surface area contributed by atoms with Crippen LogP contribution in [0.1, 0.15) is 87.9 Å². The van der Waals surface area contributed by atoms with Gasteiger partial charge in [-0.1, -0.05) is 13.2 Å². The molecule has 0 spiro atoms. The normalized spacial score (nSPS) is 18.4. The summed E-state index contributed by atoms with van der Waals surface area (Å²) < 4.78 is 25.0. The zero-order valence-corrected chi connectivity index (χ0v) is 50.9. The number of hydrogen-bond acceptors (Lipinski definition) is 14. The first kappa shape index (κ1) is 61.2. The van der Waals surface area contributed by atoms with Gasteiger partial charge in [-0.15, -0.1) is 0 Å². The number of rotatable bonds is 13. The summed E-state index contributed by atoms with van der Waals surface area (Å²) in [7, 11) is 3.95. The largest absolute Gasteiger partial charge is 0.455 e.